The smallest absolute Gasteiger partial charge is 0.264 e. The first kappa shape index (κ1) is 16.8. The molecule has 24 heavy (non-hydrogen) atoms. The van der Waals surface area contributed by atoms with Gasteiger partial charge >= 0.3 is 0 Å². The molecule has 0 radical (unpaired) electrons. The second-order valence-corrected chi connectivity index (χ2v) is 7.76. The molecule has 0 aliphatic heterocycles. The quantitative estimate of drug-likeness (QED) is 0.688. The van der Waals surface area contributed by atoms with Crippen molar-refractivity contribution in [3.63, 3.8) is 0 Å². The summed E-state index contributed by atoms with van der Waals surface area (Å²) >= 11 is 7.35. The molecular weight excluding hydrogens is 373 g/mol. The van der Waals surface area contributed by atoms with Crippen LogP contribution in [-0.4, -0.2) is 18.4 Å². The molecule has 0 aliphatic carbocycles. The topological polar surface area (TPSA) is 72.0 Å². The van der Waals surface area contributed by atoms with Gasteiger partial charge in [0.15, 0.2) is 0 Å². The van der Waals surface area contributed by atoms with E-state index >= 15 is 0 Å². The summed E-state index contributed by atoms with van der Waals surface area (Å²) in [6.45, 7) is 1.82. The van der Waals surface area contributed by atoms with Crippen molar-refractivity contribution in [3.8, 4) is 10.4 Å². The number of aryl methyl sites for hydroxylation is 1. The Balaban J connectivity index is 2.01. The molecule has 124 valence electrons. The lowest BCUT2D eigenvalue weighted by atomic mass is 10.2. The Morgan fingerprint density at radius 1 is 1.21 bits per heavy atom. The number of hydrogen-bond acceptors (Lipinski definition) is 5. The van der Waals surface area contributed by atoms with Crippen molar-refractivity contribution in [1.29, 1.82) is 0 Å². The number of thiazole rings is 1. The van der Waals surface area contributed by atoms with Crippen LogP contribution < -0.4 is 4.72 Å². The Morgan fingerprint density at radius 3 is 2.54 bits per heavy atom. The molecule has 2 heterocycles. The van der Waals surface area contributed by atoms with Gasteiger partial charge in [-0.05, 0) is 37.3 Å². The fraction of sp³-hybridized carbons (Fsp3) is 0.0667. The van der Waals surface area contributed by atoms with E-state index < -0.39 is 15.8 Å². The summed E-state index contributed by atoms with van der Waals surface area (Å²) in [5.74, 6) is -0.458. The number of sulfonamides is 1. The Bertz CT molecular complexity index is 988. The van der Waals surface area contributed by atoms with Gasteiger partial charge in [-0.2, -0.15) is 0 Å². The van der Waals surface area contributed by atoms with Gasteiger partial charge in [-0.15, -0.1) is 11.3 Å². The van der Waals surface area contributed by atoms with Crippen LogP contribution in [-0.2, 0) is 10.0 Å². The third kappa shape index (κ3) is 3.40. The van der Waals surface area contributed by atoms with Crippen LogP contribution in [0.4, 0.5) is 10.1 Å². The molecule has 1 aromatic carbocycles. The minimum absolute atomic E-state index is 0.143. The summed E-state index contributed by atoms with van der Waals surface area (Å²) in [6, 6.07) is 6.42. The molecule has 3 rings (SSSR count). The zero-order valence-corrected chi connectivity index (χ0v) is 14.7. The summed E-state index contributed by atoms with van der Waals surface area (Å²) in [4.78, 5) is 8.77. The van der Waals surface area contributed by atoms with Crippen LogP contribution in [0.5, 0.6) is 0 Å². The number of aromatic nitrogens is 2. The number of pyridine rings is 1. The molecule has 0 bridgehead atoms. The zero-order chi connectivity index (χ0) is 17.3. The van der Waals surface area contributed by atoms with E-state index in [1.165, 1.54) is 35.7 Å². The second kappa shape index (κ2) is 6.46. The maximum atomic E-state index is 12.9. The van der Waals surface area contributed by atoms with Crippen LogP contribution in [0.3, 0.4) is 0 Å². The fourth-order valence-electron chi connectivity index (χ4n) is 2.05. The second-order valence-electron chi connectivity index (χ2n) is 4.89. The van der Waals surface area contributed by atoms with Crippen LogP contribution in [0.2, 0.25) is 5.15 Å². The molecular formula is C15H11ClFN3O2S2. The molecule has 0 atom stereocenters. The van der Waals surface area contributed by atoms with E-state index in [0.29, 0.717) is 5.56 Å². The van der Waals surface area contributed by atoms with Crippen molar-refractivity contribution in [2.24, 2.45) is 0 Å². The molecule has 1 N–H and O–H groups in total. The van der Waals surface area contributed by atoms with Gasteiger partial charge in [0.05, 0.1) is 16.1 Å². The van der Waals surface area contributed by atoms with E-state index in [2.05, 4.69) is 14.7 Å². The lowest BCUT2D eigenvalue weighted by Crippen LogP contribution is -2.14. The highest BCUT2D eigenvalue weighted by molar-refractivity contribution is 7.92. The van der Waals surface area contributed by atoms with Crippen molar-refractivity contribution in [1.82, 2.24) is 9.97 Å². The molecule has 0 fully saturated rings. The van der Waals surface area contributed by atoms with Crippen molar-refractivity contribution in [3.05, 3.63) is 58.7 Å². The van der Waals surface area contributed by atoms with Crippen LogP contribution in [0.25, 0.3) is 10.4 Å². The Hall–Kier alpha value is -2.03. The molecule has 5 nitrogen and oxygen atoms in total. The SMILES string of the molecule is Cc1ncsc1-c1cnc(Cl)c(S(=O)(=O)Nc2ccc(F)cc2)c1. The van der Waals surface area contributed by atoms with Gasteiger partial charge in [-0.3, -0.25) is 4.72 Å². The van der Waals surface area contributed by atoms with E-state index in [1.54, 1.807) is 5.51 Å². The monoisotopic (exact) mass is 383 g/mol. The standard InChI is InChI=1S/C15H11ClFN3O2S2/c1-9-14(23-8-19-9)10-6-13(15(16)18-7-10)24(21,22)20-12-4-2-11(17)3-5-12/h2-8,20H,1H3. The average Bonchev–Trinajstić information content (AvgIpc) is 2.96. The first-order valence-corrected chi connectivity index (χ1v) is 9.45. The molecule has 0 saturated carbocycles. The van der Waals surface area contributed by atoms with Gasteiger partial charge in [-0.1, -0.05) is 11.6 Å². The number of halogens is 2. The molecule has 0 unspecified atom stereocenters. The highest BCUT2D eigenvalue weighted by atomic mass is 35.5. The Morgan fingerprint density at radius 2 is 1.92 bits per heavy atom. The van der Waals surface area contributed by atoms with Gasteiger partial charge in [0.2, 0.25) is 0 Å². The van der Waals surface area contributed by atoms with Crippen LogP contribution in [0.15, 0.2) is 46.9 Å². The first-order chi connectivity index (χ1) is 11.4. The zero-order valence-electron chi connectivity index (χ0n) is 12.3. The minimum atomic E-state index is -3.97. The van der Waals surface area contributed by atoms with Gasteiger partial charge in [-0.25, -0.2) is 22.8 Å². The predicted molar refractivity (Wildman–Crippen MR) is 92.3 cm³/mol. The van der Waals surface area contributed by atoms with Gasteiger partial charge < -0.3 is 0 Å². The lowest BCUT2D eigenvalue weighted by Gasteiger charge is -2.10. The maximum Gasteiger partial charge on any atom is 0.264 e. The molecule has 0 aliphatic rings. The molecule has 0 saturated heterocycles. The lowest BCUT2D eigenvalue weighted by molar-refractivity contribution is 0.600. The van der Waals surface area contributed by atoms with Crippen molar-refractivity contribution >= 4 is 38.6 Å². The summed E-state index contributed by atoms with van der Waals surface area (Å²) in [5.41, 5.74) is 3.29. The maximum absolute atomic E-state index is 12.9. The van der Waals surface area contributed by atoms with Crippen molar-refractivity contribution < 1.29 is 12.8 Å². The molecule has 3 aromatic rings. The Kier molecular flexibility index (Phi) is 4.53. The summed E-state index contributed by atoms with van der Waals surface area (Å²) in [5, 5.41) is -0.143. The summed E-state index contributed by atoms with van der Waals surface area (Å²) < 4.78 is 40.4. The van der Waals surface area contributed by atoms with E-state index in [-0.39, 0.29) is 15.7 Å². The third-order valence-corrected chi connectivity index (χ3v) is 5.99. The average molecular weight is 384 g/mol. The summed E-state index contributed by atoms with van der Waals surface area (Å²) in [7, 11) is -3.97. The number of benzene rings is 1. The van der Waals surface area contributed by atoms with E-state index in [0.717, 1.165) is 22.7 Å². The highest BCUT2D eigenvalue weighted by Gasteiger charge is 2.21. The van der Waals surface area contributed by atoms with E-state index in [4.69, 9.17) is 11.6 Å². The number of nitrogens with zero attached hydrogens (tertiary/aromatic N) is 2. The number of rotatable bonds is 4. The number of nitrogens with one attached hydrogen (secondary N) is 1. The molecule has 9 heteroatoms. The molecule has 0 amide bonds. The Labute approximate surface area is 147 Å². The van der Waals surface area contributed by atoms with Gasteiger partial charge in [0.1, 0.15) is 15.9 Å². The van der Waals surface area contributed by atoms with Crippen LogP contribution in [0, 0.1) is 12.7 Å². The van der Waals surface area contributed by atoms with Crippen LogP contribution >= 0.6 is 22.9 Å². The normalized spacial score (nSPS) is 11.5. The van der Waals surface area contributed by atoms with Crippen LogP contribution in [0.1, 0.15) is 5.69 Å². The van der Waals surface area contributed by atoms with Crippen molar-refractivity contribution in [2.45, 2.75) is 11.8 Å². The number of anilines is 1. The van der Waals surface area contributed by atoms with E-state index in [9.17, 15) is 12.8 Å². The van der Waals surface area contributed by atoms with E-state index in [1.807, 2.05) is 6.92 Å². The van der Waals surface area contributed by atoms with Gasteiger partial charge in [0.25, 0.3) is 10.0 Å². The first-order valence-electron chi connectivity index (χ1n) is 6.71. The highest BCUT2D eigenvalue weighted by Crippen LogP contribution is 2.31. The summed E-state index contributed by atoms with van der Waals surface area (Å²) in [6.07, 6.45) is 1.50. The molecule has 2 aromatic heterocycles. The molecule has 0 spiro atoms. The minimum Gasteiger partial charge on any atom is -0.280 e. The predicted octanol–water partition coefficient (Wildman–Crippen LogP) is 4.11. The fourth-order valence-corrected chi connectivity index (χ4v) is 4.36. The number of hydrogen-bond donors (Lipinski definition) is 1. The van der Waals surface area contributed by atoms with Gasteiger partial charge in [0, 0.05) is 17.4 Å². The van der Waals surface area contributed by atoms with Crippen molar-refractivity contribution in [2.75, 3.05) is 4.72 Å². The largest absolute Gasteiger partial charge is 0.280 e. The third-order valence-electron chi connectivity index (χ3n) is 3.20.